The second kappa shape index (κ2) is 10.2. The van der Waals surface area contributed by atoms with Crippen LogP contribution < -0.4 is 11.1 Å². The van der Waals surface area contributed by atoms with E-state index in [1.807, 2.05) is 36.4 Å². The second-order valence-corrected chi connectivity index (χ2v) is 5.12. The number of guanidine groups is 1. The number of nitrogens with one attached hydrogen (secondary N) is 1. The van der Waals surface area contributed by atoms with E-state index in [2.05, 4.69) is 15.0 Å². The lowest BCUT2D eigenvalue weighted by molar-refractivity contribution is -0.176. The zero-order chi connectivity index (χ0) is 17.4. The van der Waals surface area contributed by atoms with Crippen molar-refractivity contribution >= 4 is 35.6 Å². The van der Waals surface area contributed by atoms with Crippen LogP contribution in [0.1, 0.15) is 11.1 Å². The van der Waals surface area contributed by atoms with Crippen LogP contribution in [0.15, 0.2) is 59.6 Å². The third kappa shape index (κ3) is 8.73. The highest BCUT2D eigenvalue weighted by Gasteiger charge is 2.27. The van der Waals surface area contributed by atoms with Gasteiger partial charge in [0.05, 0.1) is 13.2 Å². The van der Waals surface area contributed by atoms with Gasteiger partial charge in [-0.15, -0.1) is 24.0 Å². The Labute approximate surface area is 161 Å². The molecule has 0 saturated heterocycles. The standard InChI is InChI=1S/C17H18F3N3O.HI/c18-17(19,20)12-24-11-14-6-4-5-13(9-14)10-22-16(21)23-15-7-2-1-3-8-15;/h1-9H,10-12H2,(H3,21,22,23);1H. The van der Waals surface area contributed by atoms with E-state index >= 15 is 0 Å². The summed E-state index contributed by atoms with van der Waals surface area (Å²) in [6, 6.07) is 16.4. The van der Waals surface area contributed by atoms with Crippen LogP contribution in [-0.4, -0.2) is 18.7 Å². The minimum absolute atomic E-state index is 0. The van der Waals surface area contributed by atoms with Gasteiger partial charge in [0.15, 0.2) is 5.96 Å². The molecule has 2 aromatic carbocycles. The molecule has 0 aromatic heterocycles. The lowest BCUT2D eigenvalue weighted by Crippen LogP contribution is -2.22. The van der Waals surface area contributed by atoms with Gasteiger partial charge in [0.1, 0.15) is 6.61 Å². The average molecular weight is 465 g/mol. The molecule has 4 nitrogen and oxygen atoms in total. The molecule has 0 amide bonds. The van der Waals surface area contributed by atoms with E-state index in [0.29, 0.717) is 12.1 Å². The van der Waals surface area contributed by atoms with Crippen molar-refractivity contribution in [1.29, 1.82) is 0 Å². The van der Waals surface area contributed by atoms with Crippen molar-refractivity contribution in [1.82, 2.24) is 0 Å². The number of anilines is 1. The molecule has 2 rings (SSSR count). The molecule has 0 aliphatic heterocycles. The topological polar surface area (TPSA) is 59.6 Å². The summed E-state index contributed by atoms with van der Waals surface area (Å²) in [5, 5.41) is 2.96. The lowest BCUT2D eigenvalue weighted by Gasteiger charge is -2.09. The number of hydrogen-bond donors (Lipinski definition) is 2. The number of alkyl halides is 3. The van der Waals surface area contributed by atoms with E-state index in [9.17, 15) is 13.2 Å². The SMILES string of the molecule is I.NC(=NCc1cccc(COCC(F)(F)F)c1)Nc1ccccc1. The minimum atomic E-state index is -4.32. The number of nitrogens with zero attached hydrogens (tertiary/aromatic N) is 1. The van der Waals surface area contributed by atoms with E-state index in [4.69, 9.17) is 5.73 Å². The molecule has 0 aliphatic rings. The van der Waals surface area contributed by atoms with Crippen LogP contribution in [0.25, 0.3) is 0 Å². The van der Waals surface area contributed by atoms with Gasteiger partial charge in [0.2, 0.25) is 0 Å². The summed E-state index contributed by atoms with van der Waals surface area (Å²) in [6.07, 6.45) is -4.32. The first-order chi connectivity index (χ1) is 11.4. The molecule has 136 valence electrons. The number of aliphatic imine (C=N–C) groups is 1. The van der Waals surface area contributed by atoms with E-state index in [1.165, 1.54) is 0 Å². The van der Waals surface area contributed by atoms with Crippen molar-refractivity contribution < 1.29 is 17.9 Å². The third-order valence-electron chi connectivity index (χ3n) is 3.00. The van der Waals surface area contributed by atoms with Gasteiger partial charge in [-0.05, 0) is 23.3 Å². The van der Waals surface area contributed by atoms with Crippen molar-refractivity contribution in [3.05, 3.63) is 65.7 Å². The van der Waals surface area contributed by atoms with Crippen molar-refractivity contribution in [3.8, 4) is 0 Å². The fourth-order valence-corrected chi connectivity index (χ4v) is 1.99. The quantitative estimate of drug-likeness (QED) is 0.380. The van der Waals surface area contributed by atoms with E-state index in [-0.39, 0.29) is 36.5 Å². The number of benzene rings is 2. The predicted molar refractivity (Wildman–Crippen MR) is 103 cm³/mol. The van der Waals surface area contributed by atoms with Crippen molar-refractivity contribution in [2.75, 3.05) is 11.9 Å². The van der Waals surface area contributed by atoms with Crippen LogP contribution in [0.5, 0.6) is 0 Å². The smallest absolute Gasteiger partial charge is 0.370 e. The highest BCUT2D eigenvalue weighted by atomic mass is 127. The summed E-state index contributed by atoms with van der Waals surface area (Å²) in [5.41, 5.74) is 8.12. The number of rotatable bonds is 6. The number of nitrogens with two attached hydrogens (primary N) is 1. The third-order valence-corrected chi connectivity index (χ3v) is 3.00. The number of halogens is 4. The fraction of sp³-hybridized carbons (Fsp3) is 0.235. The molecule has 8 heteroatoms. The van der Waals surface area contributed by atoms with Crippen LogP contribution in [0.2, 0.25) is 0 Å². The molecule has 2 aromatic rings. The predicted octanol–water partition coefficient (Wildman–Crippen LogP) is 4.31. The summed E-state index contributed by atoms with van der Waals surface area (Å²) < 4.78 is 40.8. The molecule has 0 aliphatic carbocycles. The summed E-state index contributed by atoms with van der Waals surface area (Å²) in [7, 11) is 0. The van der Waals surface area contributed by atoms with Crippen LogP contribution >= 0.6 is 24.0 Å². The van der Waals surface area contributed by atoms with Crippen molar-refractivity contribution in [2.24, 2.45) is 10.7 Å². The van der Waals surface area contributed by atoms with Gasteiger partial charge < -0.3 is 15.8 Å². The van der Waals surface area contributed by atoms with Crippen LogP contribution in [0.3, 0.4) is 0 Å². The molecule has 25 heavy (non-hydrogen) atoms. The Balaban J connectivity index is 0.00000312. The second-order valence-electron chi connectivity index (χ2n) is 5.12. The highest BCUT2D eigenvalue weighted by molar-refractivity contribution is 14.0. The molecule has 0 atom stereocenters. The van der Waals surface area contributed by atoms with Gasteiger partial charge >= 0.3 is 6.18 Å². The zero-order valence-electron chi connectivity index (χ0n) is 13.3. The Bertz CT molecular complexity index is 678. The monoisotopic (exact) mass is 465 g/mol. The molecule has 0 radical (unpaired) electrons. The zero-order valence-corrected chi connectivity index (χ0v) is 15.6. The molecule has 0 bridgehead atoms. The fourth-order valence-electron chi connectivity index (χ4n) is 1.99. The van der Waals surface area contributed by atoms with Crippen molar-refractivity contribution in [3.63, 3.8) is 0 Å². The van der Waals surface area contributed by atoms with Gasteiger partial charge in [0, 0.05) is 5.69 Å². The highest BCUT2D eigenvalue weighted by Crippen LogP contribution is 2.16. The van der Waals surface area contributed by atoms with Gasteiger partial charge in [-0.3, -0.25) is 0 Å². The first-order valence-corrected chi connectivity index (χ1v) is 7.27. The molecule has 0 spiro atoms. The Morgan fingerprint density at radius 1 is 1.04 bits per heavy atom. The van der Waals surface area contributed by atoms with E-state index < -0.39 is 12.8 Å². The summed E-state index contributed by atoms with van der Waals surface area (Å²) in [5.74, 6) is 0.264. The molecule has 3 N–H and O–H groups in total. The average Bonchev–Trinajstić information content (AvgIpc) is 2.53. The van der Waals surface area contributed by atoms with Crippen LogP contribution in [-0.2, 0) is 17.9 Å². The van der Waals surface area contributed by atoms with E-state index in [1.54, 1.807) is 18.2 Å². The number of hydrogen-bond acceptors (Lipinski definition) is 2. The van der Waals surface area contributed by atoms with Crippen LogP contribution in [0.4, 0.5) is 18.9 Å². The Kier molecular flexibility index (Phi) is 8.70. The Hall–Kier alpha value is -1.81. The first kappa shape index (κ1) is 21.2. The van der Waals surface area contributed by atoms with Gasteiger partial charge in [-0.25, -0.2) is 4.99 Å². The Morgan fingerprint density at radius 3 is 2.40 bits per heavy atom. The first-order valence-electron chi connectivity index (χ1n) is 7.27. The lowest BCUT2D eigenvalue weighted by atomic mass is 10.1. The normalized spacial score (nSPS) is 11.7. The molecular weight excluding hydrogens is 446 g/mol. The van der Waals surface area contributed by atoms with Crippen molar-refractivity contribution in [2.45, 2.75) is 19.3 Å². The van der Waals surface area contributed by atoms with Gasteiger partial charge in [-0.1, -0.05) is 42.5 Å². The Morgan fingerprint density at radius 2 is 1.72 bits per heavy atom. The van der Waals surface area contributed by atoms with E-state index in [0.717, 1.165) is 11.3 Å². The molecular formula is C17H19F3IN3O. The number of para-hydroxylation sites is 1. The molecule has 0 unspecified atom stereocenters. The maximum atomic E-state index is 12.1. The minimum Gasteiger partial charge on any atom is -0.370 e. The largest absolute Gasteiger partial charge is 0.411 e. The molecule has 0 saturated carbocycles. The van der Waals surface area contributed by atoms with Gasteiger partial charge in [-0.2, -0.15) is 13.2 Å². The van der Waals surface area contributed by atoms with Gasteiger partial charge in [0.25, 0.3) is 0 Å². The maximum absolute atomic E-state index is 12.1. The summed E-state index contributed by atoms with van der Waals surface area (Å²) in [4.78, 5) is 4.21. The molecule has 0 fully saturated rings. The summed E-state index contributed by atoms with van der Waals surface area (Å²) in [6.45, 7) is -1.04. The maximum Gasteiger partial charge on any atom is 0.411 e. The molecule has 0 heterocycles. The van der Waals surface area contributed by atoms with Crippen LogP contribution in [0, 0.1) is 0 Å². The summed E-state index contributed by atoms with van der Waals surface area (Å²) >= 11 is 0. The number of ether oxygens (including phenoxy) is 1.